The summed E-state index contributed by atoms with van der Waals surface area (Å²) in [6, 6.07) is 0. The van der Waals surface area contributed by atoms with Gasteiger partial charge in [0.2, 0.25) is 0 Å². The summed E-state index contributed by atoms with van der Waals surface area (Å²) in [5.74, 6) is 2.30. The molecule has 1 aromatic rings. The molecule has 0 atom stereocenters. The van der Waals surface area contributed by atoms with Crippen molar-refractivity contribution >= 4 is 11.8 Å². The van der Waals surface area contributed by atoms with E-state index < -0.39 is 5.97 Å². The van der Waals surface area contributed by atoms with Crippen molar-refractivity contribution in [2.24, 2.45) is 17.8 Å². The maximum Gasteiger partial charge on any atom is 0.356 e. The number of carbonyl (C=O) groups is 1. The topological polar surface area (TPSA) is 81.1 Å². The zero-order valence-electron chi connectivity index (χ0n) is 11.8. The Labute approximate surface area is 118 Å². The molecular weight excluding hydrogens is 254 g/mol. The Bertz CT molecular complexity index is 555. The number of carboxylic acid groups (broad SMARTS) is 1. The third-order valence-electron chi connectivity index (χ3n) is 5.75. The second-order valence-electron chi connectivity index (χ2n) is 7.18. The van der Waals surface area contributed by atoms with E-state index in [1.807, 2.05) is 11.5 Å². The molecule has 4 aliphatic rings. The first-order valence-corrected chi connectivity index (χ1v) is 7.57. The SMILES string of the molecule is Cc1nc(N)c(C(=O)O)n1C12CC3CC(CC(C3)C1)C2. The zero-order chi connectivity index (χ0) is 14.1. The van der Waals surface area contributed by atoms with Crippen molar-refractivity contribution in [1.82, 2.24) is 9.55 Å². The number of nitrogen functional groups attached to an aromatic ring is 1. The van der Waals surface area contributed by atoms with E-state index in [0.717, 1.165) is 42.8 Å². The molecule has 3 N–H and O–H groups in total. The molecule has 1 aromatic heterocycles. The molecule has 108 valence electrons. The quantitative estimate of drug-likeness (QED) is 0.868. The van der Waals surface area contributed by atoms with Gasteiger partial charge in [0, 0.05) is 5.54 Å². The fourth-order valence-corrected chi connectivity index (χ4v) is 5.68. The Morgan fingerprint density at radius 2 is 1.75 bits per heavy atom. The number of aromatic nitrogens is 2. The van der Waals surface area contributed by atoms with Crippen LogP contribution in [0.25, 0.3) is 0 Å². The fraction of sp³-hybridized carbons (Fsp3) is 0.733. The molecule has 4 saturated carbocycles. The number of anilines is 1. The van der Waals surface area contributed by atoms with E-state index in [-0.39, 0.29) is 17.1 Å². The van der Waals surface area contributed by atoms with E-state index in [1.54, 1.807) is 0 Å². The summed E-state index contributed by atoms with van der Waals surface area (Å²) in [6.07, 6.45) is 7.34. The summed E-state index contributed by atoms with van der Waals surface area (Å²) in [5, 5.41) is 9.52. The number of hydrogen-bond acceptors (Lipinski definition) is 3. The molecule has 0 spiro atoms. The third kappa shape index (κ3) is 1.49. The van der Waals surface area contributed by atoms with Crippen molar-refractivity contribution in [1.29, 1.82) is 0 Å². The van der Waals surface area contributed by atoms with Crippen LogP contribution in [0.15, 0.2) is 0 Å². The number of hydrogen-bond donors (Lipinski definition) is 2. The second kappa shape index (κ2) is 3.77. The van der Waals surface area contributed by atoms with Gasteiger partial charge >= 0.3 is 5.97 Å². The highest BCUT2D eigenvalue weighted by Crippen LogP contribution is 2.59. The Morgan fingerprint density at radius 3 is 2.20 bits per heavy atom. The van der Waals surface area contributed by atoms with Gasteiger partial charge in [0.1, 0.15) is 5.82 Å². The molecule has 0 aromatic carbocycles. The number of rotatable bonds is 2. The monoisotopic (exact) mass is 275 g/mol. The van der Waals surface area contributed by atoms with E-state index in [1.165, 1.54) is 19.3 Å². The minimum absolute atomic E-state index is 0.0306. The summed E-state index contributed by atoms with van der Waals surface area (Å²) in [6.45, 7) is 1.89. The minimum atomic E-state index is -0.946. The molecular formula is C15H21N3O2. The average molecular weight is 275 g/mol. The van der Waals surface area contributed by atoms with E-state index in [0.29, 0.717) is 0 Å². The first-order valence-electron chi connectivity index (χ1n) is 7.57. The largest absolute Gasteiger partial charge is 0.476 e. The summed E-state index contributed by atoms with van der Waals surface area (Å²) >= 11 is 0. The van der Waals surface area contributed by atoms with Crippen molar-refractivity contribution in [3.8, 4) is 0 Å². The molecule has 0 saturated heterocycles. The van der Waals surface area contributed by atoms with Gasteiger partial charge in [-0.25, -0.2) is 9.78 Å². The van der Waals surface area contributed by atoms with Gasteiger partial charge in [-0.2, -0.15) is 0 Å². The van der Waals surface area contributed by atoms with Crippen LogP contribution in [-0.2, 0) is 5.54 Å². The molecule has 5 nitrogen and oxygen atoms in total. The number of aromatic carboxylic acids is 1. The molecule has 0 amide bonds. The van der Waals surface area contributed by atoms with Crippen LogP contribution in [0, 0.1) is 24.7 Å². The molecule has 4 aliphatic carbocycles. The second-order valence-corrected chi connectivity index (χ2v) is 7.18. The van der Waals surface area contributed by atoms with Crippen LogP contribution >= 0.6 is 0 Å². The van der Waals surface area contributed by atoms with Crippen LogP contribution in [0.2, 0.25) is 0 Å². The smallest absolute Gasteiger partial charge is 0.356 e. The highest BCUT2D eigenvalue weighted by atomic mass is 16.4. The van der Waals surface area contributed by atoms with Gasteiger partial charge < -0.3 is 15.4 Å². The van der Waals surface area contributed by atoms with Gasteiger partial charge in [-0.3, -0.25) is 0 Å². The van der Waals surface area contributed by atoms with E-state index in [9.17, 15) is 9.90 Å². The Kier molecular flexibility index (Phi) is 2.31. The van der Waals surface area contributed by atoms with Gasteiger partial charge in [0.25, 0.3) is 0 Å². The first kappa shape index (κ1) is 12.2. The van der Waals surface area contributed by atoms with Crippen LogP contribution in [0.4, 0.5) is 5.82 Å². The molecule has 4 bridgehead atoms. The molecule has 0 radical (unpaired) electrons. The number of nitrogens with zero attached hydrogens (tertiary/aromatic N) is 2. The van der Waals surface area contributed by atoms with Gasteiger partial charge in [-0.15, -0.1) is 0 Å². The average Bonchev–Trinajstić information content (AvgIpc) is 2.63. The maximum atomic E-state index is 11.6. The van der Waals surface area contributed by atoms with Crippen LogP contribution in [-0.4, -0.2) is 20.6 Å². The zero-order valence-corrected chi connectivity index (χ0v) is 11.8. The molecule has 4 fully saturated rings. The third-order valence-corrected chi connectivity index (χ3v) is 5.75. The predicted octanol–water partition coefficient (Wildman–Crippen LogP) is 2.40. The van der Waals surface area contributed by atoms with Crippen molar-refractivity contribution in [3.05, 3.63) is 11.5 Å². The fourth-order valence-electron chi connectivity index (χ4n) is 5.68. The lowest BCUT2D eigenvalue weighted by Crippen LogP contribution is -2.52. The minimum Gasteiger partial charge on any atom is -0.476 e. The summed E-state index contributed by atoms with van der Waals surface area (Å²) in [5.41, 5.74) is 6.03. The van der Waals surface area contributed by atoms with Crippen LogP contribution in [0.3, 0.4) is 0 Å². The van der Waals surface area contributed by atoms with Crippen LogP contribution in [0.5, 0.6) is 0 Å². The molecule has 1 heterocycles. The Balaban J connectivity index is 1.87. The number of imidazole rings is 1. The van der Waals surface area contributed by atoms with Gasteiger partial charge in [-0.05, 0) is 63.2 Å². The normalized spacial score (nSPS) is 38.4. The van der Waals surface area contributed by atoms with Crippen molar-refractivity contribution in [2.45, 2.75) is 51.0 Å². The van der Waals surface area contributed by atoms with E-state index >= 15 is 0 Å². The van der Waals surface area contributed by atoms with Gasteiger partial charge in [0.15, 0.2) is 11.5 Å². The standard InChI is InChI=1S/C15H21N3O2/c1-8-17-13(16)12(14(19)20)18(8)15-5-9-2-10(6-15)4-11(3-9)7-15/h9-11H,2-7,16H2,1H3,(H,19,20). The van der Waals surface area contributed by atoms with Gasteiger partial charge in [0.05, 0.1) is 0 Å². The van der Waals surface area contributed by atoms with Gasteiger partial charge in [-0.1, -0.05) is 0 Å². The lowest BCUT2D eigenvalue weighted by molar-refractivity contribution is -0.0453. The van der Waals surface area contributed by atoms with Crippen molar-refractivity contribution in [3.63, 3.8) is 0 Å². The predicted molar refractivity (Wildman–Crippen MR) is 74.5 cm³/mol. The molecule has 5 rings (SSSR count). The molecule has 20 heavy (non-hydrogen) atoms. The summed E-state index contributed by atoms with van der Waals surface area (Å²) in [4.78, 5) is 15.9. The number of carboxylic acids is 1. The Hall–Kier alpha value is -1.52. The maximum absolute atomic E-state index is 11.6. The number of aryl methyl sites for hydroxylation is 1. The molecule has 5 heteroatoms. The molecule has 0 aliphatic heterocycles. The summed E-state index contributed by atoms with van der Waals surface area (Å²) < 4.78 is 1.98. The van der Waals surface area contributed by atoms with Crippen molar-refractivity contribution < 1.29 is 9.90 Å². The Morgan fingerprint density at radius 1 is 1.25 bits per heavy atom. The first-order chi connectivity index (χ1) is 9.48. The number of nitrogens with two attached hydrogens (primary N) is 1. The molecule has 0 unspecified atom stereocenters. The lowest BCUT2D eigenvalue weighted by atomic mass is 9.53. The highest BCUT2D eigenvalue weighted by Gasteiger charge is 2.53. The van der Waals surface area contributed by atoms with Crippen LogP contribution in [0.1, 0.15) is 54.8 Å². The van der Waals surface area contributed by atoms with E-state index in [4.69, 9.17) is 5.73 Å². The van der Waals surface area contributed by atoms with E-state index in [2.05, 4.69) is 4.98 Å². The van der Waals surface area contributed by atoms with Crippen molar-refractivity contribution in [2.75, 3.05) is 5.73 Å². The van der Waals surface area contributed by atoms with Crippen LogP contribution < -0.4 is 5.73 Å². The lowest BCUT2D eigenvalue weighted by Gasteiger charge is -2.57. The summed E-state index contributed by atoms with van der Waals surface area (Å²) in [7, 11) is 0. The highest BCUT2D eigenvalue weighted by molar-refractivity contribution is 5.91.